The number of carbonyl (C=O) groups excluding carboxylic acids is 2. The number of nitrogens with one attached hydrogen (secondary N) is 2. The summed E-state index contributed by atoms with van der Waals surface area (Å²) in [6, 6.07) is 7.74. The van der Waals surface area contributed by atoms with Crippen molar-refractivity contribution in [3.05, 3.63) is 48.0 Å². The maximum atomic E-state index is 13.3. The molecule has 2 N–H and O–H groups in total. The van der Waals surface area contributed by atoms with Crippen LogP contribution in [0.4, 0.5) is 25.8 Å². The first-order valence-electron chi connectivity index (χ1n) is 8.90. The van der Waals surface area contributed by atoms with Crippen LogP contribution in [0.1, 0.15) is 19.8 Å². The molecule has 2 aromatic rings. The van der Waals surface area contributed by atoms with Gasteiger partial charge in [0, 0.05) is 36.5 Å². The highest BCUT2D eigenvalue weighted by atomic mass is 19.2. The molecular weight excluding hydrogens is 368 g/mol. The van der Waals surface area contributed by atoms with E-state index >= 15 is 0 Å². The van der Waals surface area contributed by atoms with Crippen LogP contribution in [0.15, 0.2) is 36.4 Å². The fourth-order valence-corrected chi connectivity index (χ4v) is 3.03. The highest BCUT2D eigenvalue weighted by Gasteiger charge is 2.24. The third-order valence-electron chi connectivity index (χ3n) is 4.51. The molecule has 6 nitrogen and oxygen atoms in total. The summed E-state index contributed by atoms with van der Waals surface area (Å²) < 4.78 is 31.7. The number of carbonyl (C=O) groups is 2. The molecular formula is C20H21F2N3O3. The molecule has 1 aliphatic rings. The SMILES string of the molecule is COc1cc(N[C@@H](C)C(=O)Nc2ccc(F)c(F)c2)ccc1N1CCCC1=O. The third kappa shape index (κ3) is 4.21. The van der Waals surface area contributed by atoms with Gasteiger partial charge in [0.1, 0.15) is 11.8 Å². The Balaban J connectivity index is 1.69. The van der Waals surface area contributed by atoms with Crippen LogP contribution in [-0.4, -0.2) is 31.5 Å². The second kappa shape index (κ2) is 8.24. The standard InChI is InChI=1S/C20H21F2N3O3/c1-12(20(27)24-13-5-7-15(21)16(22)10-13)23-14-6-8-17(18(11-14)28-2)25-9-3-4-19(25)26/h5-8,10-12,23H,3-4,9H2,1-2H3,(H,24,27)/t12-/m0/s1. The summed E-state index contributed by atoms with van der Waals surface area (Å²) in [6.45, 7) is 2.29. The summed E-state index contributed by atoms with van der Waals surface area (Å²) in [7, 11) is 1.52. The Morgan fingerprint density at radius 3 is 2.54 bits per heavy atom. The van der Waals surface area contributed by atoms with E-state index in [0.29, 0.717) is 30.1 Å². The minimum Gasteiger partial charge on any atom is -0.494 e. The quantitative estimate of drug-likeness (QED) is 0.793. The van der Waals surface area contributed by atoms with Crippen molar-refractivity contribution in [1.82, 2.24) is 0 Å². The van der Waals surface area contributed by atoms with Gasteiger partial charge in [0.25, 0.3) is 0 Å². The number of ether oxygens (including phenoxy) is 1. The minimum absolute atomic E-state index is 0.0540. The number of halogens is 2. The van der Waals surface area contributed by atoms with Gasteiger partial charge in [-0.25, -0.2) is 8.78 Å². The van der Waals surface area contributed by atoms with Gasteiger partial charge in [-0.3, -0.25) is 9.59 Å². The van der Waals surface area contributed by atoms with Gasteiger partial charge in [0.15, 0.2) is 11.6 Å². The van der Waals surface area contributed by atoms with Crippen molar-refractivity contribution in [1.29, 1.82) is 0 Å². The Labute approximate surface area is 161 Å². The normalized spacial score (nSPS) is 14.7. The first-order chi connectivity index (χ1) is 13.4. The number of rotatable bonds is 6. The average molecular weight is 389 g/mol. The molecule has 1 saturated heterocycles. The van der Waals surface area contributed by atoms with E-state index in [1.54, 1.807) is 30.0 Å². The van der Waals surface area contributed by atoms with Gasteiger partial charge in [-0.2, -0.15) is 0 Å². The molecule has 2 amide bonds. The van der Waals surface area contributed by atoms with Gasteiger partial charge >= 0.3 is 0 Å². The monoisotopic (exact) mass is 389 g/mol. The van der Waals surface area contributed by atoms with Gasteiger partial charge in [-0.1, -0.05) is 0 Å². The van der Waals surface area contributed by atoms with Crippen LogP contribution in [0.5, 0.6) is 5.75 Å². The van der Waals surface area contributed by atoms with Crippen LogP contribution in [-0.2, 0) is 9.59 Å². The van der Waals surface area contributed by atoms with Gasteiger partial charge in [0.2, 0.25) is 11.8 Å². The molecule has 0 saturated carbocycles. The maximum Gasteiger partial charge on any atom is 0.246 e. The van der Waals surface area contributed by atoms with Gasteiger partial charge in [0.05, 0.1) is 12.8 Å². The lowest BCUT2D eigenvalue weighted by Gasteiger charge is -2.21. The lowest BCUT2D eigenvalue weighted by Crippen LogP contribution is -2.32. The smallest absolute Gasteiger partial charge is 0.246 e. The summed E-state index contributed by atoms with van der Waals surface area (Å²) in [5, 5.41) is 5.56. The van der Waals surface area contributed by atoms with Crippen molar-refractivity contribution in [2.75, 3.05) is 29.2 Å². The van der Waals surface area contributed by atoms with E-state index in [-0.39, 0.29) is 11.6 Å². The molecule has 1 aliphatic heterocycles. The predicted molar refractivity (Wildman–Crippen MR) is 103 cm³/mol. The predicted octanol–water partition coefficient (Wildman–Crippen LogP) is 3.54. The van der Waals surface area contributed by atoms with Crippen LogP contribution < -0.4 is 20.3 Å². The molecule has 148 valence electrons. The minimum atomic E-state index is -1.03. The third-order valence-corrected chi connectivity index (χ3v) is 4.51. The molecule has 0 spiro atoms. The molecule has 0 radical (unpaired) electrons. The molecule has 1 fully saturated rings. The summed E-state index contributed by atoms with van der Waals surface area (Å²) in [4.78, 5) is 26.0. The molecule has 28 heavy (non-hydrogen) atoms. The fourth-order valence-electron chi connectivity index (χ4n) is 3.03. The molecule has 0 aromatic heterocycles. The summed E-state index contributed by atoms with van der Waals surface area (Å²) in [6.07, 6.45) is 1.33. The van der Waals surface area contributed by atoms with Crippen LogP contribution in [0.3, 0.4) is 0 Å². The molecule has 1 atom stereocenters. The number of nitrogens with zero attached hydrogens (tertiary/aromatic N) is 1. The van der Waals surface area contributed by atoms with Crippen molar-refractivity contribution in [2.24, 2.45) is 0 Å². The second-order valence-corrected chi connectivity index (χ2v) is 6.52. The number of anilines is 3. The Morgan fingerprint density at radius 2 is 1.89 bits per heavy atom. The van der Waals surface area contributed by atoms with E-state index in [1.807, 2.05) is 0 Å². The van der Waals surface area contributed by atoms with Crippen molar-refractivity contribution in [3.8, 4) is 5.75 Å². The van der Waals surface area contributed by atoms with E-state index in [1.165, 1.54) is 13.2 Å². The van der Waals surface area contributed by atoms with Gasteiger partial charge in [-0.15, -0.1) is 0 Å². The maximum absolute atomic E-state index is 13.3. The number of hydrogen-bond donors (Lipinski definition) is 2. The van der Waals surface area contributed by atoms with Crippen molar-refractivity contribution in [3.63, 3.8) is 0 Å². The largest absolute Gasteiger partial charge is 0.494 e. The van der Waals surface area contributed by atoms with Crippen LogP contribution in [0.25, 0.3) is 0 Å². The Morgan fingerprint density at radius 1 is 1.14 bits per heavy atom. The second-order valence-electron chi connectivity index (χ2n) is 6.52. The molecule has 8 heteroatoms. The first-order valence-corrected chi connectivity index (χ1v) is 8.90. The molecule has 0 bridgehead atoms. The Kier molecular flexibility index (Phi) is 5.77. The van der Waals surface area contributed by atoms with Crippen LogP contribution >= 0.6 is 0 Å². The number of benzene rings is 2. The Hall–Kier alpha value is -3.16. The average Bonchev–Trinajstić information content (AvgIpc) is 3.10. The zero-order valence-corrected chi connectivity index (χ0v) is 15.6. The van der Waals surface area contributed by atoms with E-state index < -0.39 is 23.6 Å². The highest BCUT2D eigenvalue weighted by molar-refractivity contribution is 5.98. The van der Waals surface area contributed by atoms with E-state index in [2.05, 4.69) is 10.6 Å². The zero-order valence-electron chi connectivity index (χ0n) is 15.6. The number of hydrogen-bond acceptors (Lipinski definition) is 4. The first kappa shape index (κ1) is 19.6. The lowest BCUT2D eigenvalue weighted by atomic mass is 10.2. The Bertz CT molecular complexity index is 904. The molecule has 2 aromatic carbocycles. The molecule has 0 aliphatic carbocycles. The number of methoxy groups -OCH3 is 1. The number of amides is 2. The van der Waals surface area contributed by atoms with Crippen molar-refractivity contribution >= 4 is 28.9 Å². The summed E-state index contributed by atoms with van der Waals surface area (Å²) >= 11 is 0. The van der Waals surface area contributed by atoms with E-state index in [9.17, 15) is 18.4 Å². The van der Waals surface area contributed by atoms with Gasteiger partial charge in [-0.05, 0) is 37.6 Å². The van der Waals surface area contributed by atoms with E-state index in [0.717, 1.165) is 18.6 Å². The molecule has 1 heterocycles. The highest BCUT2D eigenvalue weighted by Crippen LogP contribution is 2.34. The van der Waals surface area contributed by atoms with Crippen LogP contribution in [0.2, 0.25) is 0 Å². The van der Waals surface area contributed by atoms with Crippen LogP contribution in [0, 0.1) is 11.6 Å². The molecule has 3 rings (SSSR count). The summed E-state index contributed by atoms with van der Waals surface area (Å²) in [5.74, 6) is -1.85. The summed E-state index contributed by atoms with van der Waals surface area (Å²) in [5.41, 5.74) is 1.48. The molecule has 0 unspecified atom stereocenters. The van der Waals surface area contributed by atoms with Crippen molar-refractivity contribution in [2.45, 2.75) is 25.8 Å². The van der Waals surface area contributed by atoms with Gasteiger partial charge < -0.3 is 20.3 Å². The topological polar surface area (TPSA) is 70.7 Å². The fraction of sp³-hybridized carbons (Fsp3) is 0.300. The lowest BCUT2D eigenvalue weighted by molar-refractivity contribution is -0.117. The van der Waals surface area contributed by atoms with Crippen molar-refractivity contribution < 1.29 is 23.1 Å². The zero-order chi connectivity index (χ0) is 20.3. The van der Waals surface area contributed by atoms with E-state index in [4.69, 9.17) is 4.74 Å².